The molecule has 10 nitrogen and oxygen atoms in total. The number of carboxylic acid groups (broad SMARTS) is 1. The fourth-order valence-electron chi connectivity index (χ4n) is 1.93. The molecule has 26 heavy (non-hydrogen) atoms. The van der Waals surface area contributed by atoms with E-state index in [2.05, 4.69) is 14.8 Å². The molecule has 0 aliphatic heterocycles. The average Bonchev–Trinajstić information content (AvgIpc) is 2.61. The number of methoxy groups -OCH3 is 3. The van der Waals surface area contributed by atoms with E-state index in [0.29, 0.717) is 5.75 Å². The molecule has 0 saturated heterocycles. The third-order valence-electron chi connectivity index (χ3n) is 3.35. The summed E-state index contributed by atoms with van der Waals surface area (Å²) < 4.78 is 41.6. The first kappa shape index (κ1) is 21.7. The largest absolute Gasteiger partial charge is 0.493 e. The van der Waals surface area contributed by atoms with Crippen LogP contribution in [-0.4, -0.2) is 65.9 Å². The Balaban J connectivity index is 2.58. The van der Waals surface area contributed by atoms with E-state index in [-0.39, 0.29) is 30.2 Å². The highest BCUT2D eigenvalue weighted by atomic mass is 32.2. The van der Waals surface area contributed by atoms with Crippen LogP contribution in [0.4, 0.5) is 0 Å². The Morgan fingerprint density at radius 2 is 1.81 bits per heavy atom. The fraction of sp³-hybridized carbons (Fsp3) is 0.467. The van der Waals surface area contributed by atoms with Crippen LogP contribution in [0.15, 0.2) is 23.1 Å². The zero-order valence-corrected chi connectivity index (χ0v) is 15.5. The number of ether oxygens (including phenoxy) is 3. The lowest BCUT2D eigenvalue weighted by atomic mass is 10.3. The topological polar surface area (TPSA) is 140 Å². The minimum absolute atomic E-state index is 0.0408. The minimum atomic E-state index is -3.85. The molecular weight excluding hydrogens is 368 g/mol. The summed E-state index contributed by atoms with van der Waals surface area (Å²) in [5, 5.41) is 11.1. The molecule has 3 N–H and O–H groups in total. The van der Waals surface area contributed by atoms with Crippen molar-refractivity contribution in [2.24, 2.45) is 0 Å². The summed E-state index contributed by atoms with van der Waals surface area (Å²) in [6, 6.07) is 4.11. The predicted molar refractivity (Wildman–Crippen MR) is 90.8 cm³/mol. The van der Waals surface area contributed by atoms with E-state index < -0.39 is 28.0 Å². The van der Waals surface area contributed by atoms with Crippen molar-refractivity contribution < 1.29 is 37.3 Å². The van der Waals surface area contributed by atoms with Crippen molar-refractivity contribution in [2.45, 2.75) is 17.4 Å². The second-order valence-corrected chi connectivity index (χ2v) is 6.80. The maximum atomic E-state index is 12.2. The van der Waals surface area contributed by atoms with Crippen molar-refractivity contribution in [3.8, 4) is 11.5 Å². The molecule has 146 valence electrons. The molecule has 11 heteroatoms. The fourth-order valence-corrected chi connectivity index (χ4v) is 2.98. The molecule has 0 aliphatic rings. The first-order chi connectivity index (χ1) is 12.2. The zero-order valence-electron chi connectivity index (χ0n) is 14.6. The number of hydrogen-bond donors (Lipinski definition) is 3. The molecule has 1 rings (SSSR count). The van der Waals surface area contributed by atoms with E-state index in [1.54, 1.807) is 0 Å². The molecule has 0 spiro atoms. The van der Waals surface area contributed by atoms with E-state index in [0.717, 1.165) is 0 Å². The van der Waals surface area contributed by atoms with Gasteiger partial charge < -0.3 is 24.6 Å². The summed E-state index contributed by atoms with van der Waals surface area (Å²) in [6.07, 6.45) is -1.33. The lowest BCUT2D eigenvalue weighted by Gasteiger charge is -2.12. The van der Waals surface area contributed by atoms with E-state index in [1.807, 2.05) is 0 Å². The molecule has 1 atom stereocenters. The molecule has 0 fully saturated rings. The van der Waals surface area contributed by atoms with E-state index in [9.17, 15) is 18.0 Å². The summed E-state index contributed by atoms with van der Waals surface area (Å²) in [4.78, 5) is 22.4. The van der Waals surface area contributed by atoms with Crippen LogP contribution in [0.1, 0.15) is 6.42 Å². The molecule has 0 bridgehead atoms. The van der Waals surface area contributed by atoms with Gasteiger partial charge in [-0.1, -0.05) is 0 Å². The van der Waals surface area contributed by atoms with E-state index in [1.165, 1.54) is 39.5 Å². The second kappa shape index (κ2) is 9.94. The maximum Gasteiger partial charge on any atom is 0.334 e. The van der Waals surface area contributed by atoms with Crippen molar-refractivity contribution in [3.63, 3.8) is 0 Å². The zero-order chi connectivity index (χ0) is 19.7. The van der Waals surface area contributed by atoms with Crippen LogP contribution in [0.5, 0.6) is 11.5 Å². The first-order valence-corrected chi connectivity index (χ1v) is 8.97. The molecule has 1 amide bonds. The van der Waals surface area contributed by atoms with Gasteiger partial charge in [-0.25, -0.2) is 17.9 Å². The standard InChI is InChI=1S/C15H22N2O8S/c1-23-11-5-4-10(8-12(11)24-2)26(21,22)17-7-6-14(18)16-9-13(25-3)15(19)20/h4-5,8,13,17H,6-7,9H2,1-3H3,(H,16,18)(H,19,20). The number of benzene rings is 1. The summed E-state index contributed by atoms with van der Waals surface area (Å²) in [6.45, 7) is -0.375. The van der Waals surface area contributed by atoms with Crippen LogP contribution in [0.25, 0.3) is 0 Å². The molecule has 1 unspecified atom stereocenters. The Morgan fingerprint density at radius 1 is 1.15 bits per heavy atom. The van der Waals surface area contributed by atoms with Crippen molar-refractivity contribution >= 4 is 21.9 Å². The summed E-state index contributed by atoms with van der Waals surface area (Å²) in [5.74, 6) is -1.07. The lowest BCUT2D eigenvalue weighted by Crippen LogP contribution is -2.39. The van der Waals surface area contributed by atoms with Crippen molar-refractivity contribution in [2.75, 3.05) is 34.4 Å². The molecular formula is C15H22N2O8S. The highest BCUT2D eigenvalue weighted by Crippen LogP contribution is 2.29. The van der Waals surface area contributed by atoms with Crippen LogP contribution in [0.2, 0.25) is 0 Å². The number of sulfonamides is 1. The third kappa shape index (κ3) is 6.17. The van der Waals surface area contributed by atoms with Gasteiger partial charge >= 0.3 is 5.97 Å². The quantitative estimate of drug-likeness (QED) is 0.463. The molecule has 0 aromatic heterocycles. The van der Waals surface area contributed by atoms with Gasteiger partial charge in [-0.15, -0.1) is 0 Å². The molecule has 0 radical (unpaired) electrons. The normalized spacial score (nSPS) is 12.3. The van der Waals surface area contributed by atoms with Gasteiger partial charge in [0.25, 0.3) is 0 Å². The summed E-state index contributed by atoms with van der Waals surface area (Å²) >= 11 is 0. The number of carbonyl (C=O) groups is 2. The minimum Gasteiger partial charge on any atom is -0.493 e. The van der Waals surface area contributed by atoms with Gasteiger partial charge in [-0.2, -0.15) is 0 Å². The number of amides is 1. The number of carbonyl (C=O) groups excluding carboxylic acids is 1. The SMILES string of the molecule is COc1ccc(S(=O)(=O)NCCC(=O)NCC(OC)C(=O)O)cc1OC. The van der Waals surface area contributed by atoms with Gasteiger partial charge in [-0.05, 0) is 12.1 Å². The van der Waals surface area contributed by atoms with Crippen LogP contribution < -0.4 is 19.5 Å². The highest BCUT2D eigenvalue weighted by Gasteiger charge is 2.19. The van der Waals surface area contributed by atoms with Crippen molar-refractivity contribution in [1.29, 1.82) is 0 Å². The number of aliphatic carboxylic acids is 1. The number of rotatable bonds is 11. The monoisotopic (exact) mass is 390 g/mol. The Labute approximate surface area is 151 Å². The molecule has 0 aliphatic carbocycles. The number of nitrogens with one attached hydrogen (secondary N) is 2. The van der Waals surface area contributed by atoms with Gasteiger partial charge in [0.05, 0.1) is 25.7 Å². The van der Waals surface area contributed by atoms with E-state index >= 15 is 0 Å². The molecule has 0 heterocycles. The average molecular weight is 390 g/mol. The van der Waals surface area contributed by atoms with Gasteiger partial charge in [0.2, 0.25) is 15.9 Å². The van der Waals surface area contributed by atoms with Gasteiger partial charge in [-0.3, -0.25) is 4.79 Å². The predicted octanol–water partition coefficient (Wildman–Crippen LogP) is -0.412. The lowest BCUT2D eigenvalue weighted by molar-refractivity contribution is -0.148. The molecule has 0 saturated carbocycles. The third-order valence-corrected chi connectivity index (χ3v) is 4.81. The van der Waals surface area contributed by atoms with Crippen LogP contribution in [0.3, 0.4) is 0 Å². The number of carboxylic acids is 1. The summed E-state index contributed by atoms with van der Waals surface area (Å²) in [7, 11) is 0.181. The Kier molecular flexibility index (Phi) is 8.29. The second-order valence-electron chi connectivity index (χ2n) is 5.03. The Morgan fingerprint density at radius 3 is 2.35 bits per heavy atom. The first-order valence-electron chi connectivity index (χ1n) is 7.49. The van der Waals surface area contributed by atoms with Crippen molar-refractivity contribution in [3.05, 3.63) is 18.2 Å². The van der Waals surface area contributed by atoms with Crippen LogP contribution >= 0.6 is 0 Å². The Bertz CT molecular complexity index is 735. The van der Waals surface area contributed by atoms with Crippen LogP contribution in [-0.2, 0) is 24.3 Å². The maximum absolute atomic E-state index is 12.2. The molecule has 1 aromatic carbocycles. The number of hydrogen-bond acceptors (Lipinski definition) is 7. The summed E-state index contributed by atoms with van der Waals surface area (Å²) in [5.41, 5.74) is 0. The van der Waals surface area contributed by atoms with Gasteiger partial charge in [0.15, 0.2) is 17.6 Å². The van der Waals surface area contributed by atoms with E-state index in [4.69, 9.17) is 14.6 Å². The van der Waals surface area contributed by atoms with Crippen LogP contribution in [0, 0.1) is 0 Å². The highest BCUT2D eigenvalue weighted by molar-refractivity contribution is 7.89. The Hall–Kier alpha value is -2.37. The van der Waals surface area contributed by atoms with Gasteiger partial charge in [0.1, 0.15) is 0 Å². The molecule has 1 aromatic rings. The van der Waals surface area contributed by atoms with Crippen molar-refractivity contribution in [1.82, 2.24) is 10.0 Å². The van der Waals surface area contributed by atoms with Gasteiger partial charge in [0, 0.05) is 26.1 Å². The smallest absolute Gasteiger partial charge is 0.334 e.